The van der Waals surface area contributed by atoms with E-state index in [2.05, 4.69) is 5.92 Å². The third-order valence-electron chi connectivity index (χ3n) is 3.54. The Hall–Kier alpha value is -1.40. The van der Waals surface area contributed by atoms with Crippen molar-refractivity contribution in [1.82, 2.24) is 0 Å². The number of Topliss-reactive ketones (excluding diaryl/α,β-unsaturated/α-hetero) is 2. The summed E-state index contributed by atoms with van der Waals surface area (Å²) in [6, 6.07) is 3.79. The second kappa shape index (κ2) is 4.46. The molecule has 0 aromatic carbocycles. The molecule has 1 fully saturated rings. The Morgan fingerprint density at radius 3 is 2.53 bits per heavy atom. The summed E-state index contributed by atoms with van der Waals surface area (Å²) in [5, 5.41) is 1.92. The minimum atomic E-state index is -1.02. The van der Waals surface area contributed by atoms with Crippen molar-refractivity contribution in [1.29, 1.82) is 0 Å². The second-order valence-electron chi connectivity index (χ2n) is 4.52. The van der Waals surface area contributed by atoms with Gasteiger partial charge in [0, 0.05) is 17.7 Å². The summed E-state index contributed by atoms with van der Waals surface area (Å²) in [7, 11) is 0. The van der Waals surface area contributed by atoms with Crippen LogP contribution in [-0.4, -0.2) is 11.6 Å². The maximum Gasteiger partial charge on any atom is 0.147 e. The predicted octanol–water partition coefficient (Wildman–Crippen LogP) is 2.79. The zero-order valence-electron chi connectivity index (χ0n) is 9.73. The molecule has 0 amide bonds. The fraction of sp³-hybridized carbons (Fsp3) is 0.429. The van der Waals surface area contributed by atoms with Crippen molar-refractivity contribution in [2.75, 3.05) is 0 Å². The van der Waals surface area contributed by atoms with E-state index in [1.54, 1.807) is 6.92 Å². The smallest absolute Gasteiger partial charge is 0.147 e. The van der Waals surface area contributed by atoms with Gasteiger partial charge in [-0.3, -0.25) is 9.59 Å². The first kappa shape index (κ1) is 12.1. The molecule has 1 aliphatic carbocycles. The standard InChI is InChI=1S/C14H14O2S/c1-3-10(11-6-5-9-17-11)14(2)12(15)7-4-8-13(14)16/h1,5-6,9-10H,4,7-8H2,2H3/t10-/m0/s1. The third-order valence-corrected chi connectivity index (χ3v) is 4.48. The van der Waals surface area contributed by atoms with Gasteiger partial charge in [0.1, 0.15) is 17.0 Å². The minimum Gasteiger partial charge on any atom is -0.299 e. The van der Waals surface area contributed by atoms with Crippen molar-refractivity contribution in [2.45, 2.75) is 32.1 Å². The fourth-order valence-electron chi connectivity index (χ4n) is 2.40. The third kappa shape index (κ3) is 1.83. The molecule has 0 N–H and O–H groups in total. The van der Waals surface area contributed by atoms with E-state index in [9.17, 15) is 9.59 Å². The van der Waals surface area contributed by atoms with Crippen molar-refractivity contribution >= 4 is 22.9 Å². The van der Waals surface area contributed by atoms with Gasteiger partial charge in [0.05, 0.1) is 5.92 Å². The van der Waals surface area contributed by atoms with Crippen LogP contribution in [0.2, 0.25) is 0 Å². The van der Waals surface area contributed by atoms with Crippen LogP contribution in [0.1, 0.15) is 37.0 Å². The molecule has 2 nitrogen and oxygen atoms in total. The first-order valence-corrected chi connectivity index (χ1v) is 6.54. The fourth-order valence-corrected chi connectivity index (χ4v) is 3.31. The van der Waals surface area contributed by atoms with Crippen molar-refractivity contribution in [3.05, 3.63) is 22.4 Å². The van der Waals surface area contributed by atoms with Crippen molar-refractivity contribution < 1.29 is 9.59 Å². The SMILES string of the molecule is C#C[C@@H](c1cccs1)C1(C)C(=O)CCCC1=O. The van der Waals surface area contributed by atoms with E-state index >= 15 is 0 Å². The van der Waals surface area contributed by atoms with Gasteiger partial charge in [0.15, 0.2) is 0 Å². The maximum atomic E-state index is 12.1. The highest BCUT2D eigenvalue weighted by molar-refractivity contribution is 7.10. The number of rotatable bonds is 2. The molecular formula is C14H14O2S. The van der Waals surface area contributed by atoms with Crippen LogP contribution in [0.15, 0.2) is 17.5 Å². The number of hydrogen-bond acceptors (Lipinski definition) is 3. The molecule has 17 heavy (non-hydrogen) atoms. The van der Waals surface area contributed by atoms with Gasteiger partial charge in [0.25, 0.3) is 0 Å². The summed E-state index contributed by atoms with van der Waals surface area (Å²) in [6.07, 6.45) is 7.15. The van der Waals surface area contributed by atoms with Gasteiger partial charge < -0.3 is 0 Å². The van der Waals surface area contributed by atoms with Crippen LogP contribution in [0, 0.1) is 17.8 Å². The summed E-state index contributed by atoms with van der Waals surface area (Å²) < 4.78 is 0. The molecule has 0 unspecified atom stereocenters. The lowest BCUT2D eigenvalue weighted by Gasteiger charge is -2.34. The Kier molecular flexibility index (Phi) is 3.17. The molecular weight excluding hydrogens is 232 g/mol. The molecule has 0 bridgehead atoms. The average Bonchev–Trinajstić information content (AvgIpc) is 2.81. The van der Waals surface area contributed by atoms with E-state index in [4.69, 9.17) is 6.42 Å². The van der Waals surface area contributed by atoms with E-state index in [-0.39, 0.29) is 11.6 Å². The molecule has 1 aromatic heterocycles. The maximum absolute atomic E-state index is 12.1. The van der Waals surface area contributed by atoms with Crippen LogP contribution in [-0.2, 0) is 9.59 Å². The van der Waals surface area contributed by atoms with Gasteiger partial charge in [-0.15, -0.1) is 17.8 Å². The van der Waals surface area contributed by atoms with Crippen LogP contribution in [0.25, 0.3) is 0 Å². The number of terminal acetylenes is 1. The Morgan fingerprint density at radius 2 is 2.06 bits per heavy atom. The molecule has 1 aliphatic rings. The zero-order valence-corrected chi connectivity index (χ0v) is 10.5. The lowest BCUT2D eigenvalue weighted by atomic mass is 9.65. The Morgan fingerprint density at radius 1 is 1.41 bits per heavy atom. The predicted molar refractivity (Wildman–Crippen MR) is 67.9 cm³/mol. The number of hydrogen-bond donors (Lipinski definition) is 0. The Labute approximate surface area is 105 Å². The van der Waals surface area contributed by atoms with Gasteiger partial charge in [0.2, 0.25) is 0 Å². The highest BCUT2D eigenvalue weighted by atomic mass is 32.1. The lowest BCUT2D eigenvalue weighted by Crippen LogP contribution is -2.44. The number of thiophene rings is 1. The molecule has 1 atom stereocenters. The highest BCUT2D eigenvalue weighted by Crippen LogP contribution is 2.43. The molecule has 0 aliphatic heterocycles. The summed E-state index contributed by atoms with van der Waals surface area (Å²) >= 11 is 1.50. The van der Waals surface area contributed by atoms with Crippen LogP contribution in [0.5, 0.6) is 0 Å². The molecule has 3 heteroatoms. The van der Waals surface area contributed by atoms with Crippen LogP contribution in [0.4, 0.5) is 0 Å². The van der Waals surface area contributed by atoms with Crippen molar-refractivity contribution in [2.24, 2.45) is 5.41 Å². The molecule has 2 rings (SSSR count). The van der Waals surface area contributed by atoms with Gasteiger partial charge in [-0.25, -0.2) is 0 Å². The zero-order chi connectivity index (χ0) is 12.5. The monoisotopic (exact) mass is 246 g/mol. The van der Waals surface area contributed by atoms with E-state index in [0.29, 0.717) is 19.3 Å². The largest absolute Gasteiger partial charge is 0.299 e. The number of ketones is 2. The molecule has 0 spiro atoms. The van der Waals surface area contributed by atoms with Crippen molar-refractivity contribution in [3.63, 3.8) is 0 Å². The quantitative estimate of drug-likeness (QED) is 0.594. The van der Waals surface area contributed by atoms with Gasteiger partial charge in [-0.1, -0.05) is 12.0 Å². The lowest BCUT2D eigenvalue weighted by molar-refractivity contribution is -0.143. The van der Waals surface area contributed by atoms with Crippen LogP contribution in [0.3, 0.4) is 0 Å². The average molecular weight is 246 g/mol. The molecule has 1 aromatic rings. The molecule has 0 radical (unpaired) electrons. The second-order valence-corrected chi connectivity index (χ2v) is 5.50. The minimum absolute atomic E-state index is 0.00917. The van der Waals surface area contributed by atoms with E-state index < -0.39 is 11.3 Å². The van der Waals surface area contributed by atoms with Crippen LogP contribution < -0.4 is 0 Å². The van der Waals surface area contributed by atoms with Crippen molar-refractivity contribution in [3.8, 4) is 12.3 Å². The Balaban J connectivity index is 2.45. The van der Waals surface area contributed by atoms with Crippen LogP contribution >= 0.6 is 11.3 Å². The normalized spacial score (nSPS) is 20.9. The Bertz CT molecular complexity index is 463. The number of carbonyl (C=O) groups is 2. The summed E-state index contributed by atoms with van der Waals surface area (Å²) in [4.78, 5) is 25.1. The van der Waals surface area contributed by atoms with Gasteiger partial charge in [-0.2, -0.15) is 0 Å². The van der Waals surface area contributed by atoms with E-state index in [1.807, 2.05) is 17.5 Å². The molecule has 1 heterocycles. The van der Waals surface area contributed by atoms with E-state index in [1.165, 1.54) is 11.3 Å². The van der Waals surface area contributed by atoms with E-state index in [0.717, 1.165) is 4.88 Å². The topological polar surface area (TPSA) is 34.1 Å². The molecule has 1 saturated carbocycles. The summed E-state index contributed by atoms with van der Waals surface area (Å²) in [5.41, 5.74) is -1.02. The first-order chi connectivity index (χ1) is 8.10. The summed E-state index contributed by atoms with van der Waals surface area (Å²) in [5.74, 6) is 2.21. The molecule has 88 valence electrons. The molecule has 0 saturated heterocycles. The number of carbonyl (C=O) groups excluding carboxylic acids is 2. The van der Waals surface area contributed by atoms with Gasteiger partial charge >= 0.3 is 0 Å². The van der Waals surface area contributed by atoms with Gasteiger partial charge in [-0.05, 0) is 24.8 Å². The first-order valence-electron chi connectivity index (χ1n) is 5.67. The summed E-state index contributed by atoms with van der Waals surface area (Å²) in [6.45, 7) is 1.71. The highest BCUT2D eigenvalue weighted by Gasteiger charge is 2.48.